The molecule has 8 heteroatoms. The van der Waals surface area contributed by atoms with Gasteiger partial charge in [-0.3, -0.25) is 9.59 Å². The van der Waals surface area contributed by atoms with Gasteiger partial charge in [0.1, 0.15) is 12.7 Å². The molecule has 2 aliphatic rings. The Morgan fingerprint density at radius 2 is 1.71 bits per heavy atom. The fourth-order valence-corrected chi connectivity index (χ4v) is 4.70. The van der Waals surface area contributed by atoms with Crippen molar-refractivity contribution in [1.29, 1.82) is 0 Å². The first kappa shape index (κ1) is 23.8. The van der Waals surface area contributed by atoms with Crippen molar-refractivity contribution in [1.82, 2.24) is 10.6 Å². The van der Waals surface area contributed by atoms with E-state index in [0.29, 0.717) is 19.3 Å². The van der Waals surface area contributed by atoms with Gasteiger partial charge in [0.25, 0.3) is 0 Å². The monoisotopic (exact) mass is 466 g/mol. The van der Waals surface area contributed by atoms with Gasteiger partial charge in [0.2, 0.25) is 5.91 Å². The van der Waals surface area contributed by atoms with Crippen LogP contribution >= 0.6 is 0 Å². The van der Waals surface area contributed by atoms with Crippen molar-refractivity contribution in [3.63, 3.8) is 0 Å². The van der Waals surface area contributed by atoms with E-state index in [-0.39, 0.29) is 37.5 Å². The lowest BCUT2D eigenvalue weighted by atomic mass is 9.98. The van der Waals surface area contributed by atoms with E-state index in [1.165, 1.54) is 11.1 Å². The van der Waals surface area contributed by atoms with Gasteiger partial charge in [-0.05, 0) is 41.5 Å². The lowest BCUT2D eigenvalue weighted by molar-refractivity contribution is -0.138. The van der Waals surface area contributed by atoms with Crippen LogP contribution in [0.15, 0.2) is 48.5 Å². The molecule has 0 saturated carbocycles. The Morgan fingerprint density at radius 1 is 1.06 bits per heavy atom. The van der Waals surface area contributed by atoms with Crippen LogP contribution in [0.3, 0.4) is 0 Å². The summed E-state index contributed by atoms with van der Waals surface area (Å²) in [5, 5.41) is 14.4. The van der Waals surface area contributed by atoms with Gasteiger partial charge in [-0.25, -0.2) is 4.79 Å². The molecule has 1 saturated heterocycles. The first-order valence-corrected chi connectivity index (χ1v) is 11.7. The summed E-state index contributed by atoms with van der Waals surface area (Å²) in [5.74, 6) is -1.27. The average Bonchev–Trinajstić information content (AvgIpc) is 3.44. The molecule has 2 unspecified atom stereocenters. The molecule has 2 aromatic carbocycles. The van der Waals surface area contributed by atoms with Crippen LogP contribution in [0.1, 0.15) is 49.7 Å². The molecule has 1 heterocycles. The van der Waals surface area contributed by atoms with Gasteiger partial charge < -0.3 is 25.2 Å². The van der Waals surface area contributed by atoms with E-state index in [0.717, 1.165) is 11.1 Å². The van der Waals surface area contributed by atoms with Crippen LogP contribution in [0.2, 0.25) is 0 Å². The van der Waals surface area contributed by atoms with E-state index < -0.39 is 24.2 Å². The number of hydrogen-bond acceptors (Lipinski definition) is 5. The minimum absolute atomic E-state index is 0.00808. The summed E-state index contributed by atoms with van der Waals surface area (Å²) < 4.78 is 11.3. The Kier molecular flexibility index (Phi) is 7.47. The van der Waals surface area contributed by atoms with Crippen molar-refractivity contribution in [2.75, 3.05) is 13.2 Å². The zero-order valence-electron chi connectivity index (χ0n) is 19.2. The molecule has 2 amide bonds. The van der Waals surface area contributed by atoms with Crippen LogP contribution in [0.5, 0.6) is 0 Å². The molecule has 0 spiro atoms. The van der Waals surface area contributed by atoms with Crippen LogP contribution in [-0.2, 0) is 19.1 Å². The molecule has 1 aliphatic heterocycles. The fourth-order valence-electron chi connectivity index (χ4n) is 4.70. The molecular weight excluding hydrogens is 436 g/mol. The molecule has 2 aromatic rings. The Hall–Kier alpha value is -3.39. The highest BCUT2D eigenvalue weighted by molar-refractivity contribution is 5.82. The number of nitrogens with one attached hydrogen (secondary N) is 2. The molecule has 1 aliphatic carbocycles. The van der Waals surface area contributed by atoms with Gasteiger partial charge in [0.05, 0.1) is 12.5 Å². The predicted octanol–water partition coefficient (Wildman–Crippen LogP) is 3.44. The number of amides is 2. The SMILES string of the molecule is CC[C@H](CC(=O)O)NC(=O)C1CCC(CNC(=O)OCC2c3ccccc3-c3ccccc32)O1. The molecular formula is C26H30N2O6. The third-order valence-corrected chi connectivity index (χ3v) is 6.48. The van der Waals surface area contributed by atoms with Crippen LogP contribution in [0.25, 0.3) is 11.1 Å². The van der Waals surface area contributed by atoms with Crippen molar-refractivity contribution in [2.24, 2.45) is 0 Å². The lowest BCUT2D eigenvalue weighted by Gasteiger charge is -2.19. The highest BCUT2D eigenvalue weighted by Gasteiger charge is 2.32. The standard InChI is InChI=1S/C26H30N2O6/c1-2-16(13-24(29)30)28-25(31)23-12-11-17(34-23)14-27-26(32)33-15-22-20-9-5-3-7-18(20)19-8-4-6-10-21(19)22/h3-10,16-17,22-23H,2,11-15H2,1H3,(H,27,32)(H,28,31)(H,29,30)/t16-,17?,23?/m1/s1. The molecule has 4 rings (SSSR count). The highest BCUT2D eigenvalue weighted by Crippen LogP contribution is 2.44. The lowest BCUT2D eigenvalue weighted by Crippen LogP contribution is -2.42. The largest absolute Gasteiger partial charge is 0.481 e. The first-order chi connectivity index (χ1) is 16.5. The van der Waals surface area contributed by atoms with Gasteiger partial charge in [0, 0.05) is 18.5 Å². The summed E-state index contributed by atoms with van der Waals surface area (Å²) in [5.41, 5.74) is 4.64. The number of hydrogen-bond donors (Lipinski definition) is 3. The molecule has 8 nitrogen and oxygen atoms in total. The maximum atomic E-state index is 12.4. The normalized spacial score (nSPS) is 19.7. The molecule has 0 radical (unpaired) electrons. The van der Waals surface area contributed by atoms with Gasteiger partial charge in [-0.15, -0.1) is 0 Å². The topological polar surface area (TPSA) is 114 Å². The molecule has 34 heavy (non-hydrogen) atoms. The third-order valence-electron chi connectivity index (χ3n) is 6.48. The molecule has 0 bridgehead atoms. The second-order valence-corrected chi connectivity index (χ2v) is 8.74. The molecule has 1 fully saturated rings. The number of benzene rings is 2. The minimum Gasteiger partial charge on any atom is -0.481 e. The van der Waals surface area contributed by atoms with Crippen molar-refractivity contribution in [3.05, 3.63) is 59.7 Å². The summed E-state index contributed by atoms with van der Waals surface area (Å²) in [4.78, 5) is 35.6. The van der Waals surface area contributed by atoms with E-state index in [1.54, 1.807) is 0 Å². The van der Waals surface area contributed by atoms with E-state index in [4.69, 9.17) is 14.6 Å². The number of carboxylic acid groups (broad SMARTS) is 1. The summed E-state index contributed by atoms with van der Waals surface area (Å²) in [6, 6.07) is 15.9. The van der Waals surface area contributed by atoms with Gasteiger partial charge >= 0.3 is 12.1 Å². The van der Waals surface area contributed by atoms with Crippen LogP contribution in [0.4, 0.5) is 4.79 Å². The van der Waals surface area contributed by atoms with Crippen molar-refractivity contribution >= 4 is 18.0 Å². The Balaban J connectivity index is 1.23. The summed E-state index contributed by atoms with van der Waals surface area (Å²) in [7, 11) is 0. The van der Waals surface area contributed by atoms with Gasteiger partial charge in [-0.2, -0.15) is 0 Å². The van der Waals surface area contributed by atoms with E-state index in [2.05, 4.69) is 34.9 Å². The number of ether oxygens (including phenoxy) is 2. The average molecular weight is 467 g/mol. The maximum Gasteiger partial charge on any atom is 0.407 e. The summed E-state index contributed by atoms with van der Waals surface area (Å²) in [6.07, 6.45) is 0.0853. The molecule has 3 atom stereocenters. The van der Waals surface area contributed by atoms with Crippen molar-refractivity contribution < 1.29 is 29.0 Å². The van der Waals surface area contributed by atoms with Crippen LogP contribution < -0.4 is 10.6 Å². The number of alkyl carbamates (subject to hydrolysis) is 1. The van der Waals surface area contributed by atoms with E-state index in [1.807, 2.05) is 31.2 Å². The van der Waals surface area contributed by atoms with Gasteiger partial charge in [-0.1, -0.05) is 55.5 Å². The number of fused-ring (bicyclic) bond motifs is 3. The number of aliphatic carboxylic acids is 1. The zero-order valence-corrected chi connectivity index (χ0v) is 19.2. The summed E-state index contributed by atoms with van der Waals surface area (Å²) in [6.45, 7) is 2.30. The number of carboxylic acids is 1. The fraction of sp³-hybridized carbons (Fsp3) is 0.423. The Bertz CT molecular complexity index is 1010. The molecule has 180 valence electrons. The predicted molar refractivity (Wildman–Crippen MR) is 125 cm³/mol. The minimum atomic E-state index is -0.954. The van der Waals surface area contributed by atoms with Crippen molar-refractivity contribution in [2.45, 2.75) is 56.8 Å². The summed E-state index contributed by atoms with van der Waals surface area (Å²) >= 11 is 0. The van der Waals surface area contributed by atoms with Crippen LogP contribution in [0, 0.1) is 0 Å². The second kappa shape index (κ2) is 10.7. The van der Waals surface area contributed by atoms with Crippen molar-refractivity contribution in [3.8, 4) is 11.1 Å². The smallest absolute Gasteiger partial charge is 0.407 e. The van der Waals surface area contributed by atoms with E-state index >= 15 is 0 Å². The third kappa shape index (κ3) is 5.39. The number of carbonyl (C=O) groups excluding carboxylic acids is 2. The Labute approximate surface area is 198 Å². The Morgan fingerprint density at radius 3 is 2.32 bits per heavy atom. The molecule has 3 N–H and O–H groups in total. The number of rotatable bonds is 9. The van der Waals surface area contributed by atoms with E-state index in [9.17, 15) is 14.4 Å². The zero-order chi connectivity index (χ0) is 24.1. The molecule has 0 aromatic heterocycles. The quantitative estimate of drug-likeness (QED) is 0.522. The van der Waals surface area contributed by atoms with Gasteiger partial charge in [0.15, 0.2) is 0 Å². The first-order valence-electron chi connectivity index (χ1n) is 11.7. The maximum absolute atomic E-state index is 12.4. The second-order valence-electron chi connectivity index (χ2n) is 8.74. The number of carbonyl (C=O) groups is 3. The van der Waals surface area contributed by atoms with Crippen LogP contribution in [-0.4, -0.2) is 54.5 Å². The highest BCUT2D eigenvalue weighted by atomic mass is 16.5.